The first-order chi connectivity index (χ1) is 13.0. The van der Waals surface area contributed by atoms with Crippen molar-refractivity contribution >= 4 is 21.9 Å². The van der Waals surface area contributed by atoms with Gasteiger partial charge in [0, 0.05) is 18.2 Å². The van der Waals surface area contributed by atoms with Crippen molar-refractivity contribution in [3.05, 3.63) is 68.5 Å². The standard InChI is InChI=1S/C18H19BrN2O6/c1-11-8-21(18(24)20-16(11)22)15-7-13(26-10-19)14(27-15)9-25-17(23)12-5-3-2-4-6-12/h2-6,8,13-15H,7,9-10H2,1H3,(H,20,22,24)/t13-,14+,15+/m0/s1. The number of esters is 1. The number of nitrogens with one attached hydrogen (secondary N) is 1. The number of aromatic amines is 1. The maximum Gasteiger partial charge on any atom is 0.338 e. The van der Waals surface area contributed by atoms with Gasteiger partial charge in [0.25, 0.3) is 5.56 Å². The summed E-state index contributed by atoms with van der Waals surface area (Å²) in [6.07, 6.45) is 0.286. The van der Waals surface area contributed by atoms with Gasteiger partial charge in [-0.3, -0.25) is 14.3 Å². The molecule has 1 saturated heterocycles. The van der Waals surface area contributed by atoms with Crippen molar-refractivity contribution in [2.75, 3.05) is 12.1 Å². The van der Waals surface area contributed by atoms with Gasteiger partial charge in [0.05, 0.1) is 11.7 Å². The molecule has 0 bridgehead atoms. The van der Waals surface area contributed by atoms with E-state index < -0.39 is 29.6 Å². The molecule has 1 N–H and O–H groups in total. The number of aromatic nitrogens is 2. The van der Waals surface area contributed by atoms with Gasteiger partial charge in [-0.05, 0) is 19.1 Å². The van der Waals surface area contributed by atoms with E-state index in [0.29, 0.717) is 17.5 Å². The maximum atomic E-state index is 12.1. The summed E-state index contributed by atoms with van der Waals surface area (Å²) in [5.41, 5.74) is 0.120. The number of benzene rings is 1. The Morgan fingerprint density at radius 2 is 2.07 bits per heavy atom. The molecule has 1 fully saturated rings. The van der Waals surface area contributed by atoms with Crippen molar-refractivity contribution in [2.24, 2.45) is 0 Å². The Morgan fingerprint density at radius 1 is 1.33 bits per heavy atom. The number of carbonyl (C=O) groups excluding carboxylic acids is 1. The highest BCUT2D eigenvalue weighted by Crippen LogP contribution is 2.30. The van der Waals surface area contributed by atoms with Gasteiger partial charge in [-0.2, -0.15) is 0 Å². The zero-order valence-corrected chi connectivity index (χ0v) is 16.2. The predicted molar refractivity (Wildman–Crippen MR) is 100.0 cm³/mol. The van der Waals surface area contributed by atoms with Crippen LogP contribution < -0.4 is 11.2 Å². The average Bonchev–Trinajstić information content (AvgIpc) is 3.06. The zero-order chi connectivity index (χ0) is 19.4. The van der Waals surface area contributed by atoms with Crippen LogP contribution in [0.25, 0.3) is 0 Å². The van der Waals surface area contributed by atoms with Crippen LogP contribution in [0.2, 0.25) is 0 Å². The summed E-state index contributed by atoms with van der Waals surface area (Å²) in [6, 6.07) is 8.64. The lowest BCUT2D eigenvalue weighted by Gasteiger charge is -2.18. The van der Waals surface area contributed by atoms with Crippen molar-refractivity contribution < 1.29 is 19.0 Å². The van der Waals surface area contributed by atoms with E-state index in [1.807, 2.05) is 6.07 Å². The summed E-state index contributed by atoms with van der Waals surface area (Å²) in [4.78, 5) is 38.0. The van der Waals surface area contributed by atoms with E-state index in [1.54, 1.807) is 31.2 Å². The summed E-state index contributed by atoms with van der Waals surface area (Å²) < 4.78 is 18.2. The first kappa shape index (κ1) is 19.5. The highest BCUT2D eigenvalue weighted by molar-refractivity contribution is 9.09. The Kier molecular flexibility index (Phi) is 6.25. The monoisotopic (exact) mass is 438 g/mol. The van der Waals surface area contributed by atoms with Crippen molar-refractivity contribution in [2.45, 2.75) is 31.8 Å². The fraction of sp³-hybridized carbons (Fsp3) is 0.389. The van der Waals surface area contributed by atoms with Crippen molar-refractivity contribution in [1.82, 2.24) is 9.55 Å². The molecule has 8 nitrogen and oxygen atoms in total. The van der Waals surface area contributed by atoms with Crippen molar-refractivity contribution in [1.29, 1.82) is 0 Å². The number of alkyl halides is 1. The molecule has 9 heteroatoms. The summed E-state index contributed by atoms with van der Waals surface area (Å²) in [7, 11) is 0. The first-order valence-electron chi connectivity index (χ1n) is 8.37. The topological polar surface area (TPSA) is 99.6 Å². The number of H-pyrrole nitrogens is 1. The van der Waals surface area contributed by atoms with Crippen LogP contribution in [-0.2, 0) is 14.2 Å². The van der Waals surface area contributed by atoms with Crippen LogP contribution in [0, 0.1) is 6.92 Å². The van der Waals surface area contributed by atoms with E-state index in [2.05, 4.69) is 20.9 Å². The Balaban J connectivity index is 1.71. The van der Waals surface area contributed by atoms with Gasteiger partial charge in [-0.1, -0.05) is 34.1 Å². The number of rotatable bonds is 6. The third kappa shape index (κ3) is 4.55. The molecule has 27 heavy (non-hydrogen) atoms. The van der Waals surface area contributed by atoms with Gasteiger partial charge >= 0.3 is 11.7 Å². The molecule has 0 unspecified atom stereocenters. The molecule has 0 spiro atoms. The van der Waals surface area contributed by atoms with E-state index in [-0.39, 0.29) is 18.2 Å². The quantitative estimate of drug-likeness (QED) is 0.544. The van der Waals surface area contributed by atoms with Gasteiger partial charge in [0.1, 0.15) is 24.5 Å². The number of ether oxygens (including phenoxy) is 3. The Bertz CT molecular complexity index is 910. The molecule has 1 aliphatic rings. The second-order valence-corrected chi connectivity index (χ2v) is 6.58. The Hall–Kier alpha value is -2.23. The predicted octanol–water partition coefficient (Wildman–Crippen LogP) is 1.73. The van der Waals surface area contributed by atoms with E-state index >= 15 is 0 Å². The lowest BCUT2D eigenvalue weighted by atomic mass is 10.2. The zero-order valence-electron chi connectivity index (χ0n) is 14.6. The van der Waals surface area contributed by atoms with Gasteiger partial charge in [0.15, 0.2) is 0 Å². The molecule has 1 aromatic carbocycles. The summed E-state index contributed by atoms with van der Waals surface area (Å²) in [6.45, 7) is 1.59. The number of carbonyl (C=O) groups is 1. The average molecular weight is 439 g/mol. The third-order valence-corrected chi connectivity index (χ3v) is 4.57. The smallest absolute Gasteiger partial charge is 0.338 e. The summed E-state index contributed by atoms with van der Waals surface area (Å²) in [5, 5.41) is 0. The normalized spacial score (nSPS) is 21.9. The molecule has 1 aliphatic heterocycles. The number of halogens is 1. The number of aryl methyl sites for hydroxylation is 1. The molecule has 0 saturated carbocycles. The number of hydrogen-bond donors (Lipinski definition) is 1. The molecule has 2 heterocycles. The number of nitrogens with zero attached hydrogens (tertiary/aromatic N) is 1. The molecule has 144 valence electrons. The molecular weight excluding hydrogens is 420 g/mol. The second kappa shape index (κ2) is 8.64. The van der Waals surface area contributed by atoms with Crippen LogP contribution in [0.1, 0.15) is 28.6 Å². The highest BCUT2D eigenvalue weighted by atomic mass is 79.9. The molecular formula is C18H19BrN2O6. The largest absolute Gasteiger partial charge is 0.459 e. The van der Waals surface area contributed by atoms with Crippen molar-refractivity contribution in [3.63, 3.8) is 0 Å². The second-order valence-electron chi connectivity index (χ2n) is 6.12. The molecule has 0 amide bonds. The van der Waals surface area contributed by atoms with Gasteiger partial charge < -0.3 is 14.2 Å². The van der Waals surface area contributed by atoms with E-state index in [4.69, 9.17) is 14.2 Å². The lowest BCUT2D eigenvalue weighted by molar-refractivity contribution is -0.0613. The Morgan fingerprint density at radius 3 is 2.78 bits per heavy atom. The van der Waals surface area contributed by atoms with Gasteiger partial charge in [0.2, 0.25) is 0 Å². The summed E-state index contributed by atoms with van der Waals surface area (Å²) in [5.74, 6) is -0.461. The summed E-state index contributed by atoms with van der Waals surface area (Å²) >= 11 is 3.21. The van der Waals surface area contributed by atoms with Gasteiger partial charge in [-0.25, -0.2) is 9.59 Å². The van der Waals surface area contributed by atoms with E-state index in [1.165, 1.54) is 10.8 Å². The fourth-order valence-corrected chi connectivity index (χ4v) is 3.23. The van der Waals surface area contributed by atoms with Crippen LogP contribution >= 0.6 is 15.9 Å². The van der Waals surface area contributed by atoms with Crippen molar-refractivity contribution in [3.8, 4) is 0 Å². The Labute approximate surface area is 163 Å². The first-order valence-corrected chi connectivity index (χ1v) is 9.49. The molecule has 0 aliphatic carbocycles. The van der Waals surface area contributed by atoms with Crippen LogP contribution in [0.15, 0.2) is 46.1 Å². The molecule has 0 radical (unpaired) electrons. The highest BCUT2D eigenvalue weighted by Gasteiger charge is 2.38. The van der Waals surface area contributed by atoms with E-state index in [9.17, 15) is 14.4 Å². The lowest BCUT2D eigenvalue weighted by Crippen LogP contribution is -2.33. The van der Waals surface area contributed by atoms with Gasteiger partial charge in [-0.15, -0.1) is 0 Å². The maximum absolute atomic E-state index is 12.1. The minimum Gasteiger partial charge on any atom is -0.459 e. The SMILES string of the molecule is Cc1cn([C@H]2C[C@H](OCBr)[C@@H](COC(=O)c3ccccc3)O2)c(=O)[nH]c1=O. The third-order valence-electron chi connectivity index (χ3n) is 4.30. The molecule has 3 atom stereocenters. The molecule has 3 rings (SSSR count). The molecule has 1 aromatic heterocycles. The van der Waals surface area contributed by atoms with Crippen LogP contribution in [0.5, 0.6) is 0 Å². The fourth-order valence-electron chi connectivity index (χ4n) is 2.89. The van der Waals surface area contributed by atoms with Crippen LogP contribution in [0.3, 0.4) is 0 Å². The van der Waals surface area contributed by atoms with Crippen LogP contribution in [-0.4, -0.2) is 39.9 Å². The number of hydrogen-bond acceptors (Lipinski definition) is 6. The van der Waals surface area contributed by atoms with E-state index in [0.717, 1.165) is 0 Å². The minimum absolute atomic E-state index is 0.0149. The van der Waals surface area contributed by atoms with Crippen LogP contribution in [0.4, 0.5) is 0 Å². The molecule has 2 aromatic rings. The minimum atomic E-state index is -0.627.